The molecule has 0 amide bonds. The fourth-order valence-corrected chi connectivity index (χ4v) is 3.32. The van der Waals surface area contributed by atoms with E-state index in [1.54, 1.807) is 0 Å². The molecule has 0 bridgehead atoms. The Kier molecular flexibility index (Phi) is 5.63. The van der Waals surface area contributed by atoms with Crippen LogP contribution in [0.1, 0.15) is 11.1 Å². The van der Waals surface area contributed by atoms with Gasteiger partial charge in [0.05, 0.1) is 4.92 Å². The second kappa shape index (κ2) is 7.52. The van der Waals surface area contributed by atoms with Crippen LogP contribution in [0.25, 0.3) is 0 Å². The Morgan fingerprint density at radius 3 is 2.32 bits per heavy atom. The van der Waals surface area contributed by atoms with Crippen molar-refractivity contribution >= 4 is 21.2 Å². The zero-order chi connectivity index (χ0) is 18.6. The largest absolute Gasteiger partial charge is 0.492 e. The van der Waals surface area contributed by atoms with Gasteiger partial charge in [0, 0.05) is 24.6 Å². The van der Waals surface area contributed by atoms with Gasteiger partial charge in [-0.25, -0.2) is 8.42 Å². The maximum atomic E-state index is 11.7. The van der Waals surface area contributed by atoms with E-state index in [2.05, 4.69) is 11.4 Å². The predicted molar refractivity (Wildman–Crippen MR) is 96.1 cm³/mol. The molecule has 0 saturated heterocycles. The van der Waals surface area contributed by atoms with Crippen molar-refractivity contribution in [1.82, 2.24) is 0 Å². The quantitative estimate of drug-likeness (QED) is 0.460. The van der Waals surface area contributed by atoms with Gasteiger partial charge in [-0.15, -0.1) is 0 Å². The summed E-state index contributed by atoms with van der Waals surface area (Å²) in [6.45, 7) is 4.77. The zero-order valence-corrected chi connectivity index (χ0v) is 15.1. The molecule has 0 heterocycles. The zero-order valence-electron chi connectivity index (χ0n) is 14.3. The molecule has 0 saturated carbocycles. The van der Waals surface area contributed by atoms with Crippen LogP contribution in [0.5, 0.6) is 5.75 Å². The Morgan fingerprint density at radius 2 is 1.76 bits per heavy atom. The summed E-state index contributed by atoms with van der Waals surface area (Å²) in [6, 6.07) is 9.84. The Bertz CT molecular complexity index is 874. The van der Waals surface area contributed by atoms with E-state index in [4.69, 9.17) is 4.74 Å². The SMILES string of the molecule is Cc1cc(C)cc(OCCNc2ccc([N+](=O)[O-])c(S(C)(=O)=O)c2)c1. The molecule has 8 heteroatoms. The molecule has 0 unspecified atom stereocenters. The van der Waals surface area contributed by atoms with Gasteiger partial charge in [0.15, 0.2) is 9.84 Å². The van der Waals surface area contributed by atoms with Crippen LogP contribution in [0.3, 0.4) is 0 Å². The van der Waals surface area contributed by atoms with E-state index in [1.807, 2.05) is 26.0 Å². The van der Waals surface area contributed by atoms with Crippen LogP contribution in [0.2, 0.25) is 0 Å². The van der Waals surface area contributed by atoms with Crippen molar-refractivity contribution in [1.29, 1.82) is 0 Å². The number of hydrogen-bond acceptors (Lipinski definition) is 6. The number of nitro groups is 1. The summed E-state index contributed by atoms with van der Waals surface area (Å²) in [4.78, 5) is 9.94. The first-order valence-corrected chi connectivity index (χ1v) is 9.49. The summed E-state index contributed by atoms with van der Waals surface area (Å²) in [7, 11) is -3.70. The topological polar surface area (TPSA) is 98.5 Å². The molecule has 2 aromatic carbocycles. The minimum absolute atomic E-state index is 0.308. The fourth-order valence-electron chi connectivity index (χ4n) is 2.45. The maximum absolute atomic E-state index is 11.7. The standard InChI is InChI=1S/C17H20N2O5S/c1-12-8-13(2)10-15(9-12)24-7-6-18-14-4-5-16(19(20)21)17(11-14)25(3,22)23/h4-5,8-11,18H,6-7H2,1-3H3. The molecule has 0 spiro atoms. The molecule has 0 radical (unpaired) electrons. The number of sulfone groups is 1. The van der Waals surface area contributed by atoms with Gasteiger partial charge in [-0.1, -0.05) is 6.07 Å². The third-order valence-electron chi connectivity index (χ3n) is 3.45. The summed E-state index contributed by atoms with van der Waals surface area (Å²) in [5.74, 6) is 0.764. The van der Waals surface area contributed by atoms with E-state index < -0.39 is 20.4 Å². The first-order valence-electron chi connectivity index (χ1n) is 7.60. The van der Waals surface area contributed by atoms with Crippen LogP contribution in [-0.4, -0.2) is 32.7 Å². The number of ether oxygens (including phenoxy) is 1. The Hall–Kier alpha value is -2.61. The van der Waals surface area contributed by atoms with Gasteiger partial charge in [-0.2, -0.15) is 0 Å². The van der Waals surface area contributed by atoms with Gasteiger partial charge in [-0.3, -0.25) is 10.1 Å². The Morgan fingerprint density at radius 1 is 1.12 bits per heavy atom. The van der Waals surface area contributed by atoms with E-state index in [1.165, 1.54) is 18.2 Å². The van der Waals surface area contributed by atoms with Crippen molar-refractivity contribution in [3.63, 3.8) is 0 Å². The van der Waals surface area contributed by atoms with Crippen LogP contribution in [0.4, 0.5) is 11.4 Å². The molecule has 134 valence electrons. The van der Waals surface area contributed by atoms with E-state index in [0.29, 0.717) is 18.8 Å². The number of aryl methyl sites for hydroxylation is 2. The van der Waals surface area contributed by atoms with Gasteiger partial charge in [0.25, 0.3) is 5.69 Å². The first-order chi connectivity index (χ1) is 11.7. The number of hydrogen-bond donors (Lipinski definition) is 1. The van der Waals surface area contributed by atoms with E-state index in [-0.39, 0.29) is 4.90 Å². The van der Waals surface area contributed by atoms with Crippen LogP contribution < -0.4 is 10.1 Å². The smallest absolute Gasteiger partial charge is 0.288 e. The fraction of sp³-hybridized carbons (Fsp3) is 0.294. The minimum atomic E-state index is -3.70. The number of rotatable bonds is 7. The second-order valence-corrected chi connectivity index (χ2v) is 7.79. The van der Waals surface area contributed by atoms with Gasteiger partial charge in [0.2, 0.25) is 0 Å². The molecular formula is C17H20N2O5S. The van der Waals surface area contributed by atoms with Crippen molar-refractivity contribution in [3.8, 4) is 5.75 Å². The summed E-state index contributed by atoms with van der Waals surface area (Å²) in [5, 5.41) is 14.0. The molecule has 0 aromatic heterocycles. The molecular weight excluding hydrogens is 344 g/mol. The van der Waals surface area contributed by atoms with E-state index in [0.717, 1.165) is 23.1 Å². The monoisotopic (exact) mass is 364 g/mol. The predicted octanol–water partition coefficient (Wildman–Crippen LogP) is 3.11. The van der Waals surface area contributed by atoms with Crippen molar-refractivity contribution in [2.75, 3.05) is 24.7 Å². The first kappa shape index (κ1) is 18.7. The lowest BCUT2D eigenvalue weighted by molar-refractivity contribution is -0.387. The van der Waals surface area contributed by atoms with Gasteiger partial charge < -0.3 is 10.1 Å². The summed E-state index contributed by atoms with van der Waals surface area (Å²) in [5.41, 5.74) is 2.27. The number of nitro benzene ring substituents is 1. The Labute approximate surface area is 146 Å². The van der Waals surface area contributed by atoms with Crippen LogP contribution in [0, 0.1) is 24.0 Å². The van der Waals surface area contributed by atoms with E-state index in [9.17, 15) is 18.5 Å². The summed E-state index contributed by atoms with van der Waals surface area (Å²) >= 11 is 0. The third kappa shape index (κ3) is 5.18. The molecule has 0 aliphatic carbocycles. The molecule has 2 aromatic rings. The van der Waals surface area contributed by atoms with Gasteiger partial charge in [-0.05, 0) is 49.2 Å². The highest BCUT2D eigenvalue weighted by atomic mass is 32.2. The molecule has 2 rings (SSSR count). The molecule has 7 nitrogen and oxygen atoms in total. The molecule has 1 N–H and O–H groups in total. The minimum Gasteiger partial charge on any atom is -0.492 e. The number of nitrogens with one attached hydrogen (secondary N) is 1. The number of nitrogens with zero attached hydrogens (tertiary/aromatic N) is 1. The summed E-state index contributed by atoms with van der Waals surface area (Å²) < 4.78 is 29.1. The van der Waals surface area contributed by atoms with Gasteiger partial charge in [0.1, 0.15) is 17.3 Å². The van der Waals surface area contributed by atoms with Crippen LogP contribution in [-0.2, 0) is 9.84 Å². The lowest BCUT2D eigenvalue weighted by Gasteiger charge is -2.11. The number of anilines is 1. The highest BCUT2D eigenvalue weighted by Crippen LogP contribution is 2.27. The van der Waals surface area contributed by atoms with Crippen molar-refractivity contribution in [3.05, 3.63) is 57.6 Å². The average Bonchev–Trinajstić information content (AvgIpc) is 2.49. The normalized spacial score (nSPS) is 11.2. The highest BCUT2D eigenvalue weighted by molar-refractivity contribution is 7.90. The maximum Gasteiger partial charge on any atom is 0.288 e. The van der Waals surface area contributed by atoms with Crippen LogP contribution >= 0.6 is 0 Å². The highest BCUT2D eigenvalue weighted by Gasteiger charge is 2.22. The third-order valence-corrected chi connectivity index (χ3v) is 4.58. The Balaban J connectivity index is 2.02. The summed E-state index contributed by atoms with van der Waals surface area (Å²) in [6.07, 6.45) is 0.947. The van der Waals surface area contributed by atoms with Crippen molar-refractivity contribution in [2.45, 2.75) is 18.7 Å². The molecule has 0 aliphatic heterocycles. The second-order valence-electron chi connectivity index (χ2n) is 5.81. The van der Waals surface area contributed by atoms with Crippen molar-refractivity contribution in [2.24, 2.45) is 0 Å². The lowest BCUT2D eigenvalue weighted by atomic mass is 10.1. The lowest BCUT2D eigenvalue weighted by Crippen LogP contribution is -2.12. The van der Waals surface area contributed by atoms with E-state index >= 15 is 0 Å². The average molecular weight is 364 g/mol. The molecule has 0 fully saturated rings. The molecule has 25 heavy (non-hydrogen) atoms. The van der Waals surface area contributed by atoms with Crippen LogP contribution in [0.15, 0.2) is 41.3 Å². The number of benzene rings is 2. The molecule has 0 aliphatic rings. The van der Waals surface area contributed by atoms with Gasteiger partial charge >= 0.3 is 0 Å². The molecule has 0 atom stereocenters. The van der Waals surface area contributed by atoms with Crippen molar-refractivity contribution < 1.29 is 18.1 Å².